The van der Waals surface area contributed by atoms with Crippen molar-refractivity contribution < 1.29 is 27.2 Å². The minimum absolute atomic E-state index is 0.168. The molecular weight excluding hydrogens is 366 g/mol. The summed E-state index contributed by atoms with van der Waals surface area (Å²) >= 11 is 0. The van der Waals surface area contributed by atoms with Gasteiger partial charge < -0.3 is 15.5 Å². The molecule has 0 aromatic heterocycles. The molecule has 0 bridgehead atoms. The van der Waals surface area contributed by atoms with Gasteiger partial charge in [-0.3, -0.25) is 4.79 Å². The zero-order valence-corrected chi connectivity index (χ0v) is 13.9. The van der Waals surface area contributed by atoms with Crippen LogP contribution in [-0.4, -0.2) is 24.5 Å². The van der Waals surface area contributed by atoms with Crippen molar-refractivity contribution in [1.82, 2.24) is 5.32 Å². The van der Waals surface area contributed by atoms with Gasteiger partial charge >= 0.3 is 12.2 Å². The van der Waals surface area contributed by atoms with Crippen molar-refractivity contribution in [2.24, 2.45) is 0 Å². The SMILES string of the molecule is O=C(Nc1ccc(C(F)(F)F)cc1)N[C@H]1CCN(c2ccc(F)cc2)C1=O. The maximum absolute atomic E-state index is 13.0. The lowest BCUT2D eigenvalue weighted by Crippen LogP contribution is -2.43. The Kier molecular flexibility index (Phi) is 5.02. The van der Waals surface area contributed by atoms with Crippen LogP contribution in [0.5, 0.6) is 0 Å². The molecule has 142 valence electrons. The maximum Gasteiger partial charge on any atom is 0.416 e. The third-order valence-electron chi connectivity index (χ3n) is 4.12. The lowest BCUT2D eigenvalue weighted by Gasteiger charge is -2.17. The molecule has 2 aromatic rings. The van der Waals surface area contributed by atoms with Gasteiger partial charge in [-0.15, -0.1) is 0 Å². The first kappa shape index (κ1) is 18.7. The van der Waals surface area contributed by atoms with Crippen LogP contribution in [0.4, 0.5) is 33.7 Å². The number of hydrogen-bond donors (Lipinski definition) is 2. The van der Waals surface area contributed by atoms with Crippen LogP contribution in [0.3, 0.4) is 0 Å². The van der Waals surface area contributed by atoms with Gasteiger partial charge in [0, 0.05) is 17.9 Å². The van der Waals surface area contributed by atoms with Gasteiger partial charge in [-0.05, 0) is 55.0 Å². The molecule has 0 radical (unpaired) electrons. The zero-order chi connectivity index (χ0) is 19.6. The van der Waals surface area contributed by atoms with Crippen molar-refractivity contribution in [1.29, 1.82) is 0 Å². The van der Waals surface area contributed by atoms with Crippen molar-refractivity contribution in [3.05, 3.63) is 59.9 Å². The second kappa shape index (κ2) is 7.26. The van der Waals surface area contributed by atoms with Crippen molar-refractivity contribution in [2.45, 2.75) is 18.6 Å². The number of amides is 3. The van der Waals surface area contributed by atoms with Gasteiger partial charge in [0.05, 0.1) is 5.56 Å². The summed E-state index contributed by atoms with van der Waals surface area (Å²) in [6.45, 7) is 0.357. The molecule has 0 saturated carbocycles. The van der Waals surface area contributed by atoms with Crippen LogP contribution in [0.1, 0.15) is 12.0 Å². The first-order valence-electron chi connectivity index (χ1n) is 8.06. The number of halogens is 4. The quantitative estimate of drug-likeness (QED) is 0.795. The summed E-state index contributed by atoms with van der Waals surface area (Å²) in [7, 11) is 0. The van der Waals surface area contributed by atoms with Crippen molar-refractivity contribution in [2.75, 3.05) is 16.8 Å². The van der Waals surface area contributed by atoms with Gasteiger partial charge in [-0.1, -0.05) is 0 Å². The molecule has 2 N–H and O–H groups in total. The summed E-state index contributed by atoms with van der Waals surface area (Å²) < 4.78 is 50.6. The summed E-state index contributed by atoms with van der Waals surface area (Å²) in [6, 6.07) is 7.91. The molecule has 0 aliphatic carbocycles. The normalized spacial score (nSPS) is 17.1. The molecular formula is C18H15F4N3O2. The van der Waals surface area contributed by atoms with Crippen molar-refractivity contribution in [3.63, 3.8) is 0 Å². The Morgan fingerprint density at radius 1 is 1.04 bits per heavy atom. The number of nitrogens with one attached hydrogen (secondary N) is 2. The van der Waals surface area contributed by atoms with Crippen LogP contribution in [0.15, 0.2) is 48.5 Å². The van der Waals surface area contributed by atoms with E-state index in [2.05, 4.69) is 10.6 Å². The molecule has 1 saturated heterocycles. The fourth-order valence-corrected chi connectivity index (χ4v) is 2.76. The molecule has 3 amide bonds. The highest BCUT2D eigenvalue weighted by Crippen LogP contribution is 2.29. The van der Waals surface area contributed by atoms with Gasteiger partial charge in [0.2, 0.25) is 5.91 Å². The molecule has 1 heterocycles. The molecule has 2 aromatic carbocycles. The van der Waals surface area contributed by atoms with Gasteiger partial charge in [0.1, 0.15) is 11.9 Å². The topological polar surface area (TPSA) is 61.4 Å². The monoisotopic (exact) mass is 381 g/mol. The maximum atomic E-state index is 13.0. The number of benzene rings is 2. The van der Waals surface area contributed by atoms with Crippen LogP contribution in [-0.2, 0) is 11.0 Å². The Labute approximate surface area is 152 Å². The van der Waals surface area contributed by atoms with E-state index in [1.165, 1.54) is 29.2 Å². The lowest BCUT2D eigenvalue weighted by atomic mass is 10.2. The van der Waals surface area contributed by atoms with E-state index >= 15 is 0 Å². The van der Waals surface area contributed by atoms with Crippen LogP contribution in [0, 0.1) is 5.82 Å². The molecule has 1 atom stereocenters. The highest BCUT2D eigenvalue weighted by atomic mass is 19.4. The molecule has 1 fully saturated rings. The Morgan fingerprint density at radius 2 is 1.67 bits per heavy atom. The molecule has 27 heavy (non-hydrogen) atoms. The number of nitrogens with zero attached hydrogens (tertiary/aromatic N) is 1. The van der Waals surface area contributed by atoms with Crippen LogP contribution in [0.2, 0.25) is 0 Å². The van der Waals surface area contributed by atoms with Gasteiger partial charge in [0.15, 0.2) is 0 Å². The standard InChI is InChI=1S/C18H15F4N3O2/c19-12-3-7-14(8-4-12)25-10-9-15(16(25)26)24-17(27)23-13-5-1-11(2-6-13)18(20,21)22/h1-8,15H,9-10H2,(H2,23,24,27)/t15-/m0/s1. The number of hydrogen-bond acceptors (Lipinski definition) is 2. The van der Waals surface area contributed by atoms with E-state index in [0.29, 0.717) is 18.7 Å². The minimum Gasteiger partial charge on any atom is -0.326 e. The molecule has 0 spiro atoms. The third-order valence-corrected chi connectivity index (χ3v) is 4.12. The summed E-state index contributed by atoms with van der Waals surface area (Å²) in [5, 5.41) is 4.89. The summed E-state index contributed by atoms with van der Waals surface area (Å²) in [5.41, 5.74) is -0.135. The Balaban J connectivity index is 1.58. The number of alkyl halides is 3. The van der Waals surface area contributed by atoms with Crippen LogP contribution < -0.4 is 15.5 Å². The highest BCUT2D eigenvalue weighted by molar-refractivity contribution is 6.02. The summed E-state index contributed by atoms with van der Waals surface area (Å²) in [6.07, 6.45) is -4.10. The van der Waals surface area contributed by atoms with Gasteiger partial charge in [-0.25, -0.2) is 9.18 Å². The molecule has 0 unspecified atom stereocenters. The van der Waals surface area contributed by atoms with E-state index in [1.807, 2.05) is 0 Å². The number of carbonyl (C=O) groups excluding carboxylic acids is 2. The van der Waals surface area contributed by atoms with E-state index in [0.717, 1.165) is 24.3 Å². The lowest BCUT2D eigenvalue weighted by molar-refractivity contribution is -0.137. The predicted octanol–water partition coefficient (Wildman–Crippen LogP) is 3.77. The van der Waals surface area contributed by atoms with E-state index in [4.69, 9.17) is 0 Å². The highest BCUT2D eigenvalue weighted by Gasteiger charge is 2.34. The number of carbonyl (C=O) groups is 2. The second-order valence-corrected chi connectivity index (χ2v) is 5.98. The Morgan fingerprint density at radius 3 is 2.26 bits per heavy atom. The second-order valence-electron chi connectivity index (χ2n) is 5.98. The zero-order valence-electron chi connectivity index (χ0n) is 13.9. The van der Waals surface area contributed by atoms with E-state index < -0.39 is 29.6 Å². The van der Waals surface area contributed by atoms with Crippen LogP contribution >= 0.6 is 0 Å². The Hall–Kier alpha value is -3.10. The van der Waals surface area contributed by atoms with Gasteiger partial charge in [-0.2, -0.15) is 13.2 Å². The molecule has 5 nitrogen and oxygen atoms in total. The van der Waals surface area contributed by atoms with Crippen molar-refractivity contribution in [3.8, 4) is 0 Å². The molecule has 9 heteroatoms. The number of rotatable bonds is 3. The average molecular weight is 381 g/mol. The number of anilines is 2. The van der Waals surface area contributed by atoms with E-state index in [9.17, 15) is 27.2 Å². The Bertz CT molecular complexity index is 835. The first-order chi connectivity index (χ1) is 12.7. The first-order valence-corrected chi connectivity index (χ1v) is 8.06. The molecule has 1 aliphatic rings. The molecule has 1 aliphatic heterocycles. The molecule has 3 rings (SSSR count). The largest absolute Gasteiger partial charge is 0.416 e. The fourth-order valence-electron chi connectivity index (χ4n) is 2.76. The fraction of sp³-hybridized carbons (Fsp3) is 0.222. The predicted molar refractivity (Wildman–Crippen MR) is 90.8 cm³/mol. The van der Waals surface area contributed by atoms with E-state index in [-0.39, 0.29) is 11.6 Å². The summed E-state index contributed by atoms with van der Waals surface area (Å²) in [5.74, 6) is -0.764. The summed E-state index contributed by atoms with van der Waals surface area (Å²) in [4.78, 5) is 25.9. The minimum atomic E-state index is -4.46. The average Bonchev–Trinajstić information content (AvgIpc) is 2.96. The van der Waals surface area contributed by atoms with Crippen molar-refractivity contribution >= 4 is 23.3 Å². The van der Waals surface area contributed by atoms with Gasteiger partial charge in [0.25, 0.3) is 0 Å². The van der Waals surface area contributed by atoms with Crippen LogP contribution in [0.25, 0.3) is 0 Å². The smallest absolute Gasteiger partial charge is 0.326 e. The third kappa shape index (κ3) is 4.36. The number of urea groups is 1. The van der Waals surface area contributed by atoms with E-state index in [1.54, 1.807) is 0 Å².